The maximum Gasteiger partial charge on any atom is 0.253 e. The van der Waals surface area contributed by atoms with Crippen LogP contribution in [0.15, 0.2) is 6.07 Å². The molecule has 0 fully saturated rings. The van der Waals surface area contributed by atoms with Gasteiger partial charge in [0.2, 0.25) is 0 Å². The van der Waals surface area contributed by atoms with E-state index in [0.717, 1.165) is 0 Å². The van der Waals surface area contributed by atoms with Crippen LogP contribution in [0.5, 0.6) is 0 Å². The van der Waals surface area contributed by atoms with Crippen LogP contribution in [0.2, 0.25) is 0 Å². The molecule has 0 unspecified atom stereocenters. The predicted octanol–water partition coefficient (Wildman–Crippen LogP) is 0.412. The van der Waals surface area contributed by atoms with Crippen molar-refractivity contribution in [1.29, 1.82) is 0 Å². The predicted molar refractivity (Wildman–Crippen MR) is 54.5 cm³/mol. The third-order valence-corrected chi connectivity index (χ3v) is 1.84. The van der Waals surface area contributed by atoms with E-state index < -0.39 is 0 Å². The summed E-state index contributed by atoms with van der Waals surface area (Å²) in [7, 11) is 0. The standard InChI is InChI=1S/C10H13N3O2/c1-6-4-9(8(3)13-12-6)10(15)11-5-7(2)14/h4H,5H2,1-3H3,(H,11,15). The van der Waals surface area contributed by atoms with Crippen molar-refractivity contribution < 1.29 is 9.59 Å². The highest BCUT2D eigenvalue weighted by Gasteiger charge is 2.10. The van der Waals surface area contributed by atoms with Gasteiger partial charge in [-0.15, -0.1) is 0 Å². The molecule has 0 radical (unpaired) electrons. The van der Waals surface area contributed by atoms with E-state index in [1.54, 1.807) is 19.9 Å². The molecule has 0 aromatic carbocycles. The van der Waals surface area contributed by atoms with Gasteiger partial charge in [0.1, 0.15) is 5.78 Å². The van der Waals surface area contributed by atoms with Crippen LogP contribution in [-0.4, -0.2) is 28.4 Å². The van der Waals surface area contributed by atoms with Gasteiger partial charge in [-0.05, 0) is 26.8 Å². The molecule has 1 N–H and O–H groups in total. The number of nitrogens with zero attached hydrogens (tertiary/aromatic N) is 2. The van der Waals surface area contributed by atoms with Gasteiger partial charge in [-0.3, -0.25) is 9.59 Å². The molecule has 0 aliphatic carbocycles. The average molecular weight is 207 g/mol. The summed E-state index contributed by atoms with van der Waals surface area (Å²) < 4.78 is 0. The molecular formula is C10H13N3O2. The number of hydrogen-bond donors (Lipinski definition) is 1. The van der Waals surface area contributed by atoms with Gasteiger partial charge in [0.25, 0.3) is 5.91 Å². The Kier molecular flexibility index (Phi) is 3.49. The molecule has 0 aliphatic rings. The molecule has 1 amide bonds. The number of hydrogen-bond acceptors (Lipinski definition) is 4. The molecule has 1 rings (SSSR count). The fourth-order valence-corrected chi connectivity index (χ4v) is 1.08. The number of carbonyl (C=O) groups excluding carboxylic acids is 2. The lowest BCUT2D eigenvalue weighted by molar-refractivity contribution is -0.116. The number of ketones is 1. The van der Waals surface area contributed by atoms with Crippen LogP contribution < -0.4 is 5.32 Å². The van der Waals surface area contributed by atoms with E-state index in [2.05, 4.69) is 15.5 Å². The number of Topliss-reactive ketones (excluding diaryl/α,β-unsaturated/α-hetero) is 1. The largest absolute Gasteiger partial charge is 0.345 e. The van der Waals surface area contributed by atoms with Crippen molar-refractivity contribution in [3.63, 3.8) is 0 Å². The van der Waals surface area contributed by atoms with E-state index in [4.69, 9.17) is 0 Å². The molecule has 5 nitrogen and oxygen atoms in total. The monoisotopic (exact) mass is 207 g/mol. The van der Waals surface area contributed by atoms with Crippen LogP contribution in [0.25, 0.3) is 0 Å². The van der Waals surface area contributed by atoms with Gasteiger partial charge in [0.05, 0.1) is 23.5 Å². The number of carbonyl (C=O) groups is 2. The second-order valence-electron chi connectivity index (χ2n) is 3.37. The summed E-state index contributed by atoms with van der Waals surface area (Å²) in [6, 6.07) is 1.65. The Morgan fingerprint density at radius 2 is 2.00 bits per heavy atom. The first-order chi connectivity index (χ1) is 7.00. The molecule has 0 saturated heterocycles. The van der Waals surface area contributed by atoms with E-state index >= 15 is 0 Å². The molecule has 0 atom stereocenters. The van der Waals surface area contributed by atoms with Crippen LogP contribution in [-0.2, 0) is 4.79 Å². The van der Waals surface area contributed by atoms with E-state index in [0.29, 0.717) is 17.0 Å². The van der Waals surface area contributed by atoms with Gasteiger partial charge < -0.3 is 5.32 Å². The van der Waals surface area contributed by atoms with Crippen LogP contribution in [0.4, 0.5) is 0 Å². The molecule has 0 spiro atoms. The second kappa shape index (κ2) is 4.63. The third-order valence-electron chi connectivity index (χ3n) is 1.84. The molecule has 0 bridgehead atoms. The fraction of sp³-hybridized carbons (Fsp3) is 0.400. The summed E-state index contributed by atoms with van der Waals surface area (Å²) in [4.78, 5) is 22.3. The Balaban J connectivity index is 2.81. The minimum absolute atomic E-state index is 0.0413. The number of aromatic nitrogens is 2. The summed E-state index contributed by atoms with van der Waals surface area (Å²) >= 11 is 0. The van der Waals surface area contributed by atoms with Crippen molar-refractivity contribution in [3.8, 4) is 0 Å². The van der Waals surface area contributed by atoms with E-state index in [9.17, 15) is 9.59 Å². The average Bonchev–Trinajstić information content (AvgIpc) is 2.18. The summed E-state index contributed by atoms with van der Waals surface area (Å²) in [5, 5.41) is 10.2. The molecule has 80 valence electrons. The minimum Gasteiger partial charge on any atom is -0.345 e. The van der Waals surface area contributed by atoms with Crippen molar-refractivity contribution >= 4 is 11.7 Å². The number of nitrogens with one attached hydrogen (secondary N) is 1. The van der Waals surface area contributed by atoms with Crippen LogP contribution in [0.3, 0.4) is 0 Å². The van der Waals surface area contributed by atoms with Crippen molar-refractivity contribution in [2.75, 3.05) is 6.54 Å². The topological polar surface area (TPSA) is 72.0 Å². The molecule has 1 heterocycles. The molecular weight excluding hydrogens is 194 g/mol. The smallest absolute Gasteiger partial charge is 0.253 e. The van der Waals surface area contributed by atoms with Crippen LogP contribution in [0, 0.1) is 13.8 Å². The first kappa shape index (κ1) is 11.3. The van der Waals surface area contributed by atoms with E-state index in [1.165, 1.54) is 6.92 Å². The third kappa shape index (κ3) is 3.12. The van der Waals surface area contributed by atoms with E-state index in [-0.39, 0.29) is 18.2 Å². The number of amides is 1. The van der Waals surface area contributed by atoms with Gasteiger partial charge in [-0.2, -0.15) is 10.2 Å². The van der Waals surface area contributed by atoms with Gasteiger partial charge in [0, 0.05) is 0 Å². The molecule has 15 heavy (non-hydrogen) atoms. The quantitative estimate of drug-likeness (QED) is 0.779. The SMILES string of the molecule is CC(=O)CNC(=O)c1cc(C)nnc1C. The molecule has 0 aliphatic heterocycles. The summed E-state index contributed by atoms with van der Waals surface area (Å²) in [5.74, 6) is -0.375. The minimum atomic E-state index is -0.291. The van der Waals surface area contributed by atoms with Gasteiger partial charge in [0.15, 0.2) is 0 Å². The Morgan fingerprint density at radius 1 is 1.33 bits per heavy atom. The maximum atomic E-state index is 11.6. The molecule has 1 aromatic heterocycles. The highest BCUT2D eigenvalue weighted by Crippen LogP contribution is 2.04. The molecule has 1 aromatic rings. The van der Waals surface area contributed by atoms with Gasteiger partial charge >= 0.3 is 0 Å². The van der Waals surface area contributed by atoms with Gasteiger partial charge in [-0.25, -0.2) is 0 Å². The molecule has 5 heteroatoms. The fourth-order valence-electron chi connectivity index (χ4n) is 1.08. The van der Waals surface area contributed by atoms with Gasteiger partial charge in [-0.1, -0.05) is 0 Å². The van der Waals surface area contributed by atoms with Crippen molar-refractivity contribution in [1.82, 2.24) is 15.5 Å². The Bertz CT molecular complexity index is 402. The zero-order valence-electron chi connectivity index (χ0n) is 9.00. The number of rotatable bonds is 3. The lowest BCUT2D eigenvalue weighted by Crippen LogP contribution is -2.29. The lowest BCUT2D eigenvalue weighted by Gasteiger charge is -2.05. The summed E-state index contributed by atoms with van der Waals surface area (Å²) in [6.07, 6.45) is 0. The Labute approximate surface area is 87.9 Å². The van der Waals surface area contributed by atoms with Crippen molar-refractivity contribution in [3.05, 3.63) is 23.0 Å². The first-order valence-corrected chi connectivity index (χ1v) is 4.59. The Hall–Kier alpha value is -1.78. The Morgan fingerprint density at radius 3 is 2.60 bits per heavy atom. The first-order valence-electron chi connectivity index (χ1n) is 4.59. The normalized spacial score (nSPS) is 9.80. The van der Waals surface area contributed by atoms with Crippen LogP contribution >= 0.6 is 0 Å². The van der Waals surface area contributed by atoms with Crippen molar-refractivity contribution in [2.45, 2.75) is 20.8 Å². The second-order valence-corrected chi connectivity index (χ2v) is 3.37. The zero-order valence-corrected chi connectivity index (χ0v) is 9.00. The lowest BCUT2D eigenvalue weighted by atomic mass is 10.2. The summed E-state index contributed by atoms with van der Waals surface area (Å²) in [5.41, 5.74) is 1.69. The van der Waals surface area contributed by atoms with E-state index in [1.807, 2.05) is 0 Å². The van der Waals surface area contributed by atoms with Crippen LogP contribution in [0.1, 0.15) is 28.7 Å². The summed E-state index contributed by atoms with van der Waals surface area (Å²) in [6.45, 7) is 4.92. The maximum absolute atomic E-state index is 11.6. The highest BCUT2D eigenvalue weighted by molar-refractivity contribution is 5.97. The zero-order chi connectivity index (χ0) is 11.4. The number of aryl methyl sites for hydroxylation is 2. The highest BCUT2D eigenvalue weighted by atomic mass is 16.2. The van der Waals surface area contributed by atoms with Crippen molar-refractivity contribution in [2.24, 2.45) is 0 Å². The molecule has 0 saturated carbocycles.